The highest BCUT2D eigenvalue weighted by Crippen LogP contribution is 2.06. The molecule has 72 valence electrons. The molecule has 1 unspecified atom stereocenters. The van der Waals surface area contributed by atoms with Crippen molar-refractivity contribution in [1.29, 1.82) is 0 Å². The molecule has 1 aromatic carbocycles. The van der Waals surface area contributed by atoms with Crippen LogP contribution in [0.25, 0.3) is 0 Å². The summed E-state index contributed by atoms with van der Waals surface area (Å²) in [6.07, 6.45) is 2.43. The van der Waals surface area contributed by atoms with Crippen molar-refractivity contribution in [2.75, 3.05) is 0 Å². The first-order chi connectivity index (χ1) is 6.84. The van der Waals surface area contributed by atoms with Crippen LogP contribution in [0.5, 0.6) is 0 Å². The van der Waals surface area contributed by atoms with E-state index in [1.54, 1.807) is 6.08 Å². The predicted octanol–water partition coefficient (Wildman–Crippen LogP) is 1.79. The maximum atomic E-state index is 10.8. The first kappa shape index (κ1) is 9.15. The molecule has 0 saturated carbocycles. The normalized spacial score (nSPS) is 20.0. The van der Waals surface area contributed by atoms with Crippen molar-refractivity contribution in [3.63, 3.8) is 0 Å². The number of hydrogen-bond acceptors (Lipinski definition) is 3. The summed E-state index contributed by atoms with van der Waals surface area (Å²) in [5, 5.41) is 5.23. The van der Waals surface area contributed by atoms with Crippen LogP contribution in [0.3, 0.4) is 0 Å². The van der Waals surface area contributed by atoms with Crippen LogP contribution in [0.1, 0.15) is 5.56 Å². The number of nitrogens with zero attached hydrogens (tertiary/aromatic N) is 1. The van der Waals surface area contributed by atoms with Gasteiger partial charge in [-0.05, 0) is 11.6 Å². The Hall–Kier alpha value is -1.42. The Balaban J connectivity index is 2.06. The third-order valence-electron chi connectivity index (χ3n) is 1.83. The maximum absolute atomic E-state index is 10.8. The van der Waals surface area contributed by atoms with Crippen LogP contribution in [0.15, 0.2) is 47.0 Å². The third kappa shape index (κ3) is 2.29. The van der Waals surface area contributed by atoms with Crippen LogP contribution in [0.2, 0.25) is 0 Å². The molecule has 4 heteroatoms. The molecule has 0 bridgehead atoms. The Morgan fingerprint density at radius 1 is 1.29 bits per heavy atom. The molecule has 0 saturated heterocycles. The van der Waals surface area contributed by atoms with Crippen LogP contribution in [0, 0.1) is 0 Å². The van der Waals surface area contributed by atoms with Gasteiger partial charge in [-0.25, -0.2) is 4.21 Å². The fourth-order valence-corrected chi connectivity index (χ4v) is 1.66. The molecule has 0 radical (unpaired) electrons. The molecule has 1 aromatic rings. The third-order valence-corrected chi connectivity index (χ3v) is 2.41. The Bertz CT molecular complexity index is 398. The van der Waals surface area contributed by atoms with Crippen molar-refractivity contribution in [3.05, 3.63) is 47.4 Å². The average molecular weight is 207 g/mol. The van der Waals surface area contributed by atoms with Gasteiger partial charge in [0.05, 0.1) is 5.71 Å². The van der Waals surface area contributed by atoms with Crippen molar-refractivity contribution in [1.82, 2.24) is 0 Å². The van der Waals surface area contributed by atoms with Crippen molar-refractivity contribution in [2.24, 2.45) is 5.16 Å². The molecule has 0 aromatic heterocycles. The highest BCUT2D eigenvalue weighted by atomic mass is 32.2. The summed E-state index contributed by atoms with van der Waals surface area (Å²) in [5.74, 6) is 0. The standard InChI is InChI=1S/C10H9NO2S/c12-14-7-6-10(11-13-14)8-9-4-2-1-3-5-9/h1-7H,8H2. The summed E-state index contributed by atoms with van der Waals surface area (Å²) >= 11 is -1.39. The molecule has 1 aliphatic heterocycles. The number of allylic oxidation sites excluding steroid dienone is 1. The summed E-state index contributed by atoms with van der Waals surface area (Å²) < 4.78 is 15.4. The van der Waals surface area contributed by atoms with Crippen LogP contribution in [-0.4, -0.2) is 9.92 Å². The Kier molecular flexibility index (Phi) is 2.74. The molecule has 1 aliphatic rings. The van der Waals surface area contributed by atoms with E-state index in [1.807, 2.05) is 30.3 Å². The predicted molar refractivity (Wildman–Crippen MR) is 55.9 cm³/mol. The van der Waals surface area contributed by atoms with E-state index in [4.69, 9.17) is 0 Å². The van der Waals surface area contributed by atoms with Gasteiger partial charge in [-0.1, -0.05) is 35.5 Å². The topological polar surface area (TPSA) is 38.7 Å². The van der Waals surface area contributed by atoms with Crippen molar-refractivity contribution in [2.45, 2.75) is 6.42 Å². The molecule has 0 N–H and O–H groups in total. The minimum Gasteiger partial charge on any atom is -0.287 e. The summed E-state index contributed by atoms with van der Waals surface area (Å²) in [6, 6.07) is 9.94. The molecule has 1 heterocycles. The summed E-state index contributed by atoms with van der Waals surface area (Å²) in [7, 11) is 0. The monoisotopic (exact) mass is 207 g/mol. The van der Waals surface area contributed by atoms with Crippen LogP contribution in [-0.2, 0) is 21.8 Å². The van der Waals surface area contributed by atoms with Gasteiger partial charge >= 0.3 is 0 Å². The van der Waals surface area contributed by atoms with Crippen molar-refractivity contribution < 1.29 is 8.49 Å². The smallest absolute Gasteiger partial charge is 0.257 e. The van der Waals surface area contributed by atoms with E-state index in [1.165, 1.54) is 5.41 Å². The largest absolute Gasteiger partial charge is 0.287 e. The molecular formula is C10H9NO2S. The van der Waals surface area contributed by atoms with Crippen LogP contribution in [0.4, 0.5) is 0 Å². The van der Waals surface area contributed by atoms with Crippen molar-refractivity contribution in [3.8, 4) is 0 Å². The zero-order chi connectivity index (χ0) is 9.80. The molecule has 0 amide bonds. The summed E-state index contributed by atoms with van der Waals surface area (Å²) in [5.41, 5.74) is 1.95. The van der Waals surface area contributed by atoms with Gasteiger partial charge in [0.25, 0.3) is 11.1 Å². The van der Waals surface area contributed by atoms with Gasteiger partial charge in [-0.2, -0.15) is 0 Å². The van der Waals surface area contributed by atoms with E-state index < -0.39 is 11.1 Å². The van der Waals surface area contributed by atoms with E-state index in [-0.39, 0.29) is 0 Å². The first-order valence-corrected chi connectivity index (χ1v) is 5.35. The summed E-state index contributed by atoms with van der Waals surface area (Å²) in [4.78, 5) is 0. The maximum Gasteiger partial charge on any atom is 0.257 e. The Morgan fingerprint density at radius 3 is 2.71 bits per heavy atom. The van der Waals surface area contributed by atoms with Gasteiger partial charge in [0, 0.05) is 11.8 Å². The molecule has 2 rings (SSSR count). The lowest BCUT2D eigenvalue weighted by molar-refractivity contribution is 0.376. The van der Waals surface area contributed by atoms with Crippen LogP contribution >= 0.6 is 0 Å². The minimum absolute atomic E-state index is 0.703. The van der Waals surface area contributed by atoms with Gasteiger partial charge in [0.1, 0.15) is 0 Å². The van der Waals surface area contributed by atoms with Gasteiger partial charge in [-0.3, -0.25) is 4.28 Å². The lowest BCUT2D eigenvalue weighted by Crippen LogP contribution is -2.05. The lowest BCUT2D eigenvalue weighted by Gasteiger charge is -2.04. The van der Waals surface area contributed by atoms with Gasteiger partial charge < -0.3 is 0 Å². The number of benzene rings is 1. The average Bonchev–Trinajstić information content (AvgIpc) is 2.23. The van der Waals surface area contributed by atoms with E-state index >= 15 is 0 Å². The second kappa shape index (κ2) is 4.19. The van der Waals surface area contributed by atoms with E-state index in [9.17, 15) is 4.21 Å². The Morgan fingerprint density at radius 2 is 2.07 bits per heavy atom. The lowest BCUT2D eigenvalue weighted by atomic mass is 10.1. The van der Waals surface area contributed by atoms with Gasteiger partial charge in [0.2, 0.25) is 0 Å². The van der Waals surface area contributed by atoms with E-state index in [0.29, 0.717) is 6.42 Å². The molecule has 0 spiro atoms. The van der Waals surface area contributed by atoms with Gasteiger partial charge in [-0.15, -0.1) is 0 Å². The molecule has 0 aliphatic carbocycles. The first-order valence-electron chi connectivity index (χ1n) is 4.22. The molecular weight excluding hydrogens is 198 g/mol. The molecule has 0 fully saturated rings. The minimum atomic E-state index is -1.39. The second-order valence-electron chi connectivity index (χ2n) is 2.88. The van der Waals surface area contributed by atoms with Gasteiger partial charge in [0.15, 0.2) is 0 Å². The zero-order valence-corrected chi connectivity index (χ0v) is 8.24. The highest BCUT2D eigenvalue weighted by Gasteiger charge is 2.05. The molecule has 14 heavy (non-hydrogen) atoms. The Labute approximate surface area is 84.7 Å². The highest BCUT2D eigenvalue weighted by molar-refractivity contribution is 7.83. The molecule has 1 atom stereocenters. The number of oxime groups is 1. The zero-order valence-electron chi connectivity index (χ0n) is 7.42. The fraction of sp³-hybridized carbons (Fsp3) is 0.100. The number of rotatable bonds is 2. The quantitative estimate of drug-likeness (QED) is 0.741. The number of hydrogen-bond donors (Lipinski definition) is 0. The summed E-state index contributed by atoms with van der Waals surface area (Å²) in [6.45, 7) is 0. The van der Waals surface area contributed by atoms with E-state index in [2.05, 4.69) is 9.44 Å². The second-order valence-corrected chi connectivity index (χ2v) is 3.82. The molecule has 3 nitrogen and oxygen atoms in total. The SMILES string of the molecule is O=S1C=CC(Cc2ccccc2)=NO1. The van der Waals surface area contributed by atoms with Crippen molar-refractivity contribution >= 4 is 16.8 Å². The van der Waals surface area contributed by atoms with Crippen LogP contribution < -0.4 is 0 Å². The van der Waals surface area contributed by atoms with E-state index in [0.717, 1.165) is 11.3 Å². The fourth-order valence-electron chi connectivity index (χ4n) is 1.17.